The minimum Gasteiger partial charge on any atom is -0.426 e. The number of esters is 1. The molecule has 2 aliphatic heterocycles. The summed E-state index contributed by atoms with van der Waals surface area (Å²) in [5.74, 6) is -2.07. The van der Waals surface area contributed by atoms with Crippen LogP contribution in [-0.2, 0) is 19.2 Å². The number of hydrogen-bond acceptors (Lipinski definition) is 5. The number of nitrogens with zero attached hydrogens (tertiary/aromatic N) is 2. The van der Waals surface area contributed by atoms with Gasteiger partial charge in [0.2, 0.25) is 17.7 Å². The van der Waals surface area contributed by atoms with Gasteiger partial charge in [0.1, 0.15) is 5.75 Å². The van der Waals surface area contributed by atoms with E-state index in [2.05, 4.69) is 0 Å². The maximum absolute atomic E-state index is 13.0. The maximum atomic E-state index is 13.0. The number of carbonyl (C=O) groups excluding carboxylic acids is 4. The molecule has 2 aromatic carbocycles. The smallest absolute Gasteiger partial charge is 0.316 e. The summed E-state index contributed by atoms with van der Waals surface area (Å²) >= 11 is 0. The molecule has 2 aromatic rings. The van der Waals surface area contributed by atoms with E-state index in [-0.39, 0.29) is 48.3 Å². The molecule has 3 amide bonds. The number of ether oxygens (including phenoxy) is 1. The van der Waals surface area contributed by atoms with Crippen molar-refractivity contribution in [2.75, 3.05) is 16.3 Å². The first kappa shape index (κ1) is 23.0. The van der Waals surface area contributed by atoms with E-state index in [1.54, 1.807) is 29.2 Å². The van der Waals surface area contributed by atoms with Crippen molar-refractivity contribution in [3.05, 3.63) is 65.2 Å². The van der Waals surface area contributed by atoms with Gasteiger partial charge >= 0.3 is 5.97 Å². The van der Waals surface area contributed by atoms with Gasteiger partial charge in [0.15, 0.2) is 0 Å². The summed E-state index contributed by atoms with van der Waals surface area (Å²) < 4.78 is 5.60. The fraction of sp³-hybridized carbons (Fsp3) is 0.357. The van der Waals surface area contributed by atoms with E-state index in [1.807, 2.05) is 45.0 Å². The van der Waals surface area contributed by atoms with Gasteiger partial charge in [-0.2, -0.15) is 0 Å². The van der Waals surface area contributed by atoms with Crippen LogP contribution in [0.25, 0.3) is 0 Å². The Bertz CT molecular complexity index is 1280. The summed E-state index contributed by atoms with van der Waals surface area (Å²) in [6.07, 6.45) is 3.26. The fourth-order valence-corrected chi connectivity index (χ4v) is 5.19. The minimum atomic E-state index is -0.597. The molecule has 2 saturated heterocycles. The van der Waals surface area contributed by atoms with E-state index < -0.39 is 11.9 Å². The standard InChI is InChI=1S/C28H28N2O5/c1-16-7-10-23-24(11-16)27(33)30(26(23)32)21-5-4-6-22(14-21)35-28(34)19-13-25(31)29(15-19)20-9-8-17(2)18(3)12-20/h4-9,12,14,19,23-24H,10-11,13,15H2,1-3H3/t19-,23-,24+/m0/s1. The summed E-state index contributed by atoms with van der Waals surface area (Å²) in [5.41, 5.74) is 4.51. The largest absolute Gasteiger partial charge is 0.426 e. The number of rotatable bonds is 4. The molecule has 3 atom stereocenters. The maximum Gasteiger partial charge on any atom is 0.316 e. The molecule has 7 nitrogen and oxygen atoms in total. The van der Waals surface area contributed by atoms with Gasteiger partial charge in [-0.15, -0.1) is 0 Å². The van der Waals surface area contributed by atoms with E-state index in [4.69, 9.17) is 4.74 Å². The molecule has 0 aromatic heterocycles. The van der Waals surface area contributed by atoms with Crippen molar-refractivity contribution in [2.45, 2.75) is 40.0 Å². The highest BCUT2D eigenvalue weighted by Gasteiger charge is 2.48. The second-order valence-electron chi connectivity index (χ2n) is 9.81. The van der Waals surface area contributed by atoms with Crippen LogP contribution >= 0.6 is 0 Å². The zero-order chi connectivity index (χ0) is 24.9. The number of hydrogen-bond donors (Lipinski definition) is 0. The van der Waals surface area contributed by atoms with Crippen molar-refractivity contribution in [2.24, 2.45) is 17.8 Å². The third kappa shape index (κ3) is 4.16. The fourth-order valence-electron chi connectivity index (χ4n) is 5.19. The molecule has 0 saturated carbocycles. The highest BCUT2D eigenvalue weighted by Crippen LogP contribution is 2.40. The Kier molecular flexibility index (Phi) is 5.79. The van der Waals surface area contributed by atoms with Gasteiger partial charge in [-0.05, 0) is 69.0 Å². The number of benzene rings is 2. The Morgan fingerprint density at radius 2 is 1.66 bits per heavy atom. The van der Waals surface area contributed by atoms with Crippen LogP contribution in [0.15, 0.2) is 54.1 Å². The van der Waals surface area contributed by atoms with Gasteiger partial charge in [0, 0.05) is 24.7 Å². The van der Waals surface area contributed by atoms with Crippen LogP contribution in [0, 0.1) is 31.6 Å². The molecule has 0 radical (unpaired) electrons. The van der Waals surface area contributed by atoms with E-state index in [1.165, 1.54) is 4.90 Å². The van der Waals surface area contributed by atoms with Crippen molar-refractivity contribution >= 4 is 35.1 Å². The van der Waals surface area contributed by atoms with Gasteiger partial charge in [-0.25, -0.2) is 4.90 Å². The Hall–Kier alpha value is -3.74. The first-order valence-corrected chi connectivity index (χ1v) is 12.0. The summed E-state index contributed by atoms with van der Waals surface area (Å²) in [4.78, 5) is 54.4. The van der Waals surface area contributed by atoms with Crippen molar-refractivity contribution in [3.8, 4) is 5.75 Å². The second kappa shape index (κ2) is 8.80. The molecule has 5 rings (SSSR count). The van der Waals surface area contributed by atoms with Crippen LogP contribution < -0.4 is 14.5 Å². The zero-order valence-electron chi connectivity index (χ0n) is 20.1. The average Bonchev–Trinajstić information content (AvgIpc) is 3.33. The van der Waals surface area contributed by atoms with E-state index >= 15 is 0 Å². The number of allylic oxidation sites excluding steroid dienone is 2. The molecule has 7 heteroatoms. The quantitative estimate of drug-likeness (QED) is 0.289. The molecule has 2 heterocycles. The van der Waals surface area contributed by atoms with Crippen LogP contribution in [0.4, 0.5) is 11.4 Å². The lowest BCUT2D eigenvalue weighted by Gasteiger charge is -2.19. The van der Waals surface area contributed by atoms with Gasteiger partial charge in [-0.1, -0.05) is 23.8 Å². The molecule has 0 bridgehead atoms. The lowest BCUT2D eigenvalue weighted by molar-refractivity contribution is -0.139. The van der Waals surface area contributed by atoms with Crippen LogP contribution in [0.1, 0.15) is 37.3 Å². The summed E-state index contributed by atoms with van der Waals surface area (Å²) in [6.45, 7) is 6.22. The second-order valence-corrected chi connectivity index (χ2v) is 9.81. The molecule has 0 spiro atoms. The van der Waals surface area contributed by atoms with Gasteiger partial charge in [0.05, 0.1) is 23.4 Å². The highest BCUT2D eigenvalue weighted by atomic mass is 16.5. The van der Waals surface area contributed by atoms with Crippen LogP contribution in [0.5, 0.6) is 5.75 Å². The molecular weight excluding hydrogens is 444 g/mol. The number of carbonyl (C=O) groups is 4. The average molecular weight is 473 g/mol. The van der Waals surface area contributed by atoms with Crippen molar-refractivity contribution in [1.29, 1.82) is 0 Å². The number of aryl methyl sites for hydroxylation is 2. The first-order valence-electron chi connectivity index (χ1n) is 12.0. The van der Waals surface area contributed by atoms with Gasteiger partial charge in [-0.3, -0.25) is 19.2 Å². The number of anilines is 2. The Morgan fingerprint density at radius 1 is 0.886 bits per heavy atom. The predicted octanol–water partition coefficient (Wildman–Crippen LogP) is 4.11. The molecule has 180 valence electrons. The highest BCUT2D eigenvalue weighted by molar-refractivity contribution is 6.22. The summed E-state index contributed by atoms with van der Waals surface area (Å²) in [7, 11) is 0. The SMILES string of the molecule is CC1=CC[C@@H]2C(=O)N(c3cccc(OC(=O)[C@H]4CC(=O)N(c5ccc(C)c(C)c5)C4)c3)C(=O)[C@@H]2C1. The Morgan fingerprint density at radius 3 is 2.43 bits per heavy atom. The van der Waals surface area contributed by atoms with Crippen LogP contribution in [0.3, 0.4) is 0 Å². The molecule has 0 N–H and O–H groups in total. The van der Waals surface area contributed by atoms with Crippen LogP contribution in [-0.4, -0.2) is 30.2 Å². The number of imide groups is 1. The Balaban J connectivity index is 1.29. The topological polar surface area (TPSA) is 84.0 Å². The molecule has 35 heavy (non-hydrogen) atoms. The predicted molar refractivity (Wildman–Crippen MR) is 131 cm³/mol. The molecule has 2 fully saturated rings. The minimum absolute atomic E-state index is 0.0737. The molecule has 3 aliphatic rings. The lowest BCUT2D eigenvalue weighted by Crippen LogP contribution is -2.31. The Labute approximate surface area is 204 Å². The van der Waals surface area contributed by atoms with Crippen molar-refractivity contribution < 1.29 is 23.9 Å². The van der Waals surface area contributed by atoms with Crippen molar-refractivity contribution in [3.63, 3.8) is 0 Å². The van der Waals surface area contributed by atoms with E-state index in [9.17, 15) is 19.2 Å². The van der Waals surface area contributed by atoms with Crippen LogP contribution in [0.2, 0.25) is 0 Å². The number of fused-ring (bicyclic) bond motifs is 1. The lowest BCUT2D eigenvalue weighted by atomic mass is 9.82. The van der Waals surface area contributed by atoms with Gasteiger partial charge in [0.25, 0.3) is 0 Å². The molecule has 0 unspecified atom stereocenters. The summed E-state index contributed by atoms with van der Waals surface area (Å²) in [5, 5.41) is 0. The number of amides is 3. The monoisotopic (exact) mass is 472 g/mol. The van der Waals surface area contributed by atoms with E-state index in [0.717, 1.165) is 22.4 Å². The zero-order valence-corrected chi connectivity index (χ0v) is 20.1. The summed E-state index contributed by atoms with van der Waals surface area (Å²) in [6, 6.07) is 12.3. The third-order valence-electron chi connectivity index (χ3n) is 7.38. The van der Waals surface area contributed by atoms with Gasteiger partial charge < -0.3 is 9.64 Å². The van der Waals surface area contributed by atoms with Crippen molar-refractivity contribution in [1.82, 2.24) is 0 Å². The first-order chi connectivity index (χ1) is 16.7. The van der Waals surface area contributed by atoms with E-state index in [0.29, 0.717) is 18.5 Å². The normalized spacial score (nSPS) is 24.0. The molecule has 1 aliphatic carbocycles. The molecular formula is C28H28N2O5. The third-order valence-corrected chi connectivity index (χ3v) is 7.38.